The van der Waals surface area contributed by atoms with Crippen LogP contribution in [0.1, 0.15) is 28.9 Å². The van der Waals surface area contributed by atoms with Crippen molar-refractivity contribution in [3.63, 3.8) is 0 Å². The molecule has 0 radical (unpaired) electrons. The summed E-state index contributed by atoms with van der Waals surface area (Å²) in [5, 5.41) is 0.834. The molecule has 2 aromatic heterocycles. The van der Waals surface area contributed by atoms with E-state index < -0.39 is 0 Å². The Labute approximate surface area is 160 Å². The number of nitrogens with zero attached hydrogens (tertiary/aromatic N) is 4. The molecule has 6 heteroatoms. The summed E-state index contributed by atoms with van der Waals surface area (Å²) >= 11 is 6.37. The molecule has 0 amide bonds. The highest BCUT2D eigenvalue weighted by Crippen LogP contribution is 2.32. The summed E-state index contributed by atoms with van der Waals surface area (Å²) in [6.07, 6.45) is 5.00. The number of hydrogen-bond donors (Lipinski definition) is 0. The number of aryl methyl sites for hydroxylation is 1. The van der Waals surface area contributed by atoms with Gasteiger partial charge in [-0.15, -0.1) is 0 Å². The maximum atomic E-state index is 8.00. The molecule has 0 aromatic carbocycles. The average Bonchev–Trinajstić information content (AvgIpc) is 3.30. The Balaban J connectivity index is 0.000000948. The fourth-order valence-corrected chi connectivity index (χ4v) is 4.19. The van der Waals surface area contributed by atoms with Gasteiger partial charge in [-0.2, -0.15) is 0 Å². The molecule has 0 aliphatic carbocycles. The zero-order valence-corrected chi connectivity index (χ0v) is 16.2. The van der Waals surface area contributed by atoms with Crippen LogP contribution in [-0.2, 0) is 17.9 Å². The minimum absolute atomic E-state index is 0.712. The first kappa shape index (κ1) is 18.8. The molecule has 0 bridgehead atoms. The number of carbonyl (C=O) groups is 1. The molecule has 2 aliphatic heterocycles. The van der Waals surface area contributed by atoms with Gasteiger partial charge in [-0.05, 0) is 49.4 Å². The molecule has 1 fully saturated rings. The average molecular weight is 373 g/mol. The van der Waals surface area contributed by atoms with Crippen LogP contribution in [0.2, 0.25) is 5.02 Å². The van der Waals surface area contributed by atoms with E-state index >= 15 is 0 Å². The van der Waals surface area contributed by atoms with Crippen molar-refractivity contribution in [3.05, 3.63) is 52.1 Å². The van der Waals surface area contributed by atoms with Crippen molar-refractivity contribution in [1.29, 1.82) is 0 Å². The summed E-state index contributed by atoms with van der Waals surface area (Å²) in [5.74, 6) is 0.712. The van der Waals surface area contributed by atoms with Crippen LogP contribution in [0.25, 0.3) is 0 Å². The predicted octanol–water partition coefficient (Wildman–Crippen LogP) is 3.40. The second-order valence-electron chi connectivity index (χ2n) is 7.04. The first-order valence-corrected chi connectivity index (χ1v) is 9.30. The third kappa shape index (κ3) is 3.74. The summed E-state index contributed by atoms with van der Waals surface area (Å²) in [6.45, 7) is 11.5. The summed E-state index contributed by atoms with van der Waals surface area (Å²) in [7, 11) is 0. The van der Waals surface area contributed by atoms with Crippen LogP contribution >= 0.6 is 11.6 Å². The molecular formula is C20H25ClN4O. The fourth-order valence-electron chi connectivity index (χ4n) is 4.04. The van der Waals surface area contributed by atoms with Gasteiger partial charge in [0.05, 0.1) is 16.4 Å². The minimum Gasteiger partial charge on any atom is -0.371 e. The van der Waals surface area contributed by atoms with Crippen LogP contribution in [0.15, 0.2) is 24.5 Å². The fraction of sp³-hybridized carbons (Fsp3) is 0.450. The van der Waals surface area contributed by atoms with E-state index in [1.54, 1.807) is 0 Å². The summed E-state index contributed by atoms with van der Waals surface area (Å²) in [6, 6.07) is 4.21. The SMILES string of the molecule is C=O.Cc1nc2c(c(C)c1Cl)CN(CC1CCN(c3ccncc3)C1)C2. The lowest BCUT2D eigenvalue weighted by Crippen LogP contribution is -2.27. The van der Waals surface area contributed by atoms with E-state index in [0.717, 1.165) is 43.4 Å². The van der Waals surface area contributed by atoms with E-state index in [1.807, 2.05) is 26.1 Å². The number of hydrogen-bond acceptors (Lipinski definition) is 5. The topological polar surface area (TPSA) is 49.3 Å². The van der Waals surface area contributed by atoms with Gasteiger partial charge in [0.15, 0.2) is 0 Å². The molecule has 0 saturated carbocycles. The Morgan fingerprint density at radius 1 is 1.23 bits per heavy atom. The smallest absolute Gasteiger partial charge is 0.106 e. The van der Waals surface area contributed by atoms with Crippen molar-refractivity contribution in [2.45, 2.75) is 33.4 Å². The molecule has 26 heavy (non-hydrogen) atoms. The van der Waals surface area contributed by atoms with Crippen LogP contribution in [-0.4, -0.2) is 41.3 Å². The maximum Gasteiger partial charge on any atom is 0.106 e. The molecule has 1 atom stereocenters. The van der Waals surface area contributed by atoms with E-state index in [0.29, 0.717) is 5.92 Å². The number of fused-ring (bicyclic) bond motifs is 1. The van der Waals surface area contributed by atoms with E-state index in [1.165, 1.54) is 28.9 Å². The first-order valence-electron chi connectivity index (χ1n) is 8.92. The largest absolute Gasteiger partial charge is 0.371 e. The summed E-state index contributed by atoms with van der Waals surface area (Å²) < 4.78 is 0. The normalized spacial score (nSPS) is 19.2. The van der Waals surface area contributed by atoms with Gasteiger partial charge in [-0.25, -0.2) is 0 Å². The van der Waals surface area contributed by atoms with Crippen molar-refractivity contribution in [2.24, 2.45) is 5.92 Å². The van der Waals surface area contributed by atoms with Gasteiger partial charge in [0.1, 0.15) is 6.79 Å². The monoisotopic (exact) mass is 372 g/mol. The van der Waals surface area contributed by atoms with Crippen LogP contribution in [0.4, 0.5) is 5.69 Å². The van der Waals surface area contributed by atoms with Gasteiger partial charge in [-0.1, -0.05) is 11.6 Å². The van der Waals surface area contributed by atoms with Crippen molar-refractivity contribution >= 4 is 24.1 Å². The van der Waals surface area contributed by atoms with Gasteiger partial charge in [0.25, 0.3) is 0 Å². The molecule has 0 spiro atoms. The van der Waals surface area contributed by atoms with E-state index in [4.69, 9.17) is 21.4 Å². The van der Waals surface area contributed by atoms with Crippen molar-refractivity contribution in [3.8, 4) is 0 Å². The van der Waals surface area contributed by atoms with E-state index in [9.17, 15) is 0 Å². The maximum absolute atomic E-state index is 8.00. The van der Waals surface area contributed by atoms with Crippen LogP contribution in [0.5, 0.6) is 0 Å². The second-order valence-corrected chi connectivity index (χ2v) is 7.42. The lowest BCUT2D eigenvalue weighted by molar-refractivity contribution is -0.0979. The van der Waals surface area contributed by atoms with Crippen molar-refractivity contribution < 1.29 is 4.79 Å². The highest BCUT2D eigenvalue weighted by Gasteiger charge is 2.29. The lowest BCUT2D eigenvalue weighted by atomic mass is 10.1. The summed E-state index contributed by atoms with van der Waals surface area (Å²) in [4.78, 5) is 21.8. The van der Waals surface area contributed by atoms with Crippen LogP contribution in [0.3, 0.4) is 0 Å². The molecule has 1 saturated heterocycles. The third-order valence-corrected chi connectivity index (χ3v) is 5.89. The van der Waals surface area contributed by atoms with Crippen molar-refractivity contribution in [2.75, 3.05) is 24.5 Å². The predicted molar refractivity (Wildman–Crippen MR) is 105 cm³/mol. The number of pyridine rings is 2. The molecule has 4 heterocycles. The number of carbonyl (C=O) groups excluding carboxylic acids is 1. The molecular weight excluding hydrogens is 348 g/mol. The number of rotatable bonds is 3. The summed E-state index contributed by atoms with van der Waals surface area (Å²) in [5.41, 5.74) is 6.02. The number of aromatic nitrogens is 2. The number of anilines is 1. The van der Waals surface area contributed by atoms with Gasteiger partial charge in [0, 0.05) is 50.8 Å². The quantitative estimate of drug-likeness (QED) is 0.826. The standard InChI is InChI=1S/C19H23ClN4.CH2O/c1-13-17-11-23(12-18(17)22-14(2)19(13)20)9-15-5-8-24(10-15)16-3-6-21-7-4-16;1-2/h3-4,6-7,15H,5,8-12H2,1-2H3;1H2. The zero-order chi connectivity index (χ0) is 18.7. The van der Waals surface area contributed by atoms with E-state index in [-0.39, 0.29) is 0 Å². The Morgan fingerprint density at radius 2 is 1.96 bits per heavy atom. The Bertz CT molecular complexity index is 768. The Morgan fingerprint density at radius 3 is 2.69 bits per heavy atom. The van der Waals surface area contributed by atoms with Crippen LogP contribution < -0.4 is 4.90 Å². The van der Waals surface area contributed by atoms with E-state index in [2.05, 4.69) is 33.8 Å². The molecule has 0 N–H and O–H groups in total. The van der Waals surface area contributed by atoms with Gasteiger partial charge >= 0.3 is 0 Å². The molecule has 138 valence electrons. The third-order valence-electron chi connectivity index (χ3n) is 5.34. The Hall–Kier alpha value is -1.98. The number of halogens is 1. The highest BCUT2D eigenvalue weighted by molar-refractivity contribution is 6.32. The van der Waals surface area contributed by atoms with Gasteiger partial charge in [0.2, 0.25) is 0 Å². The molecule has 4 rings (SSSR count). The second kappa shape index (κ2) is 8.14. The molecule has 5 nitrogen and oxygen atoms in total. The van der Waals surface area contributed by atoms with Gasteiger partial charge in [-0.3, -0.25) is 14.9 Å². The zero-order valence-electron chi connectivity index (χ0n) is 15.4. The molecule has 2 aromatic rings. The minimum atomic E-state index is 0.712. The van der Waals surface area contributed by atoms with Crippen LogP contribution in [0, 0.1) is 19.8 Å². The molecule has 1 unspecified atom stereocenters. The first-order chi connectivity index (χ1) is 12.6. The Kier molecular flexibility index (Phi) is 5.89. The lowest BCUT2D eigenvalue weighted by Gasteiger charge is -2.21. The highest BCUT2D eigenvalue weighted by atomic mass is 35.5. The molecule has 2 aliphatic rings. The van der Waals surface area contributed by atoms with Crippen molar-refractivity contribution in [1.82, 2.24) is 14.9 Å². The van der Waals surface area contributed by atoms with Gasteiger partial charge < -0.3 is 9.69 Å².